The molecular formula is C11H11N3O4. The summed E-state index contributed by atoms with van der Waals surface area (Å²) in [4.78, 5) is 18.5. The van der Waals surface area contributed by atoms with Gasteiger partial charge in [-0.05, 0) is 6.07 Å². The highest BCUT2D eigenvalue weighted by molar-refractivity contribution is 5.66. The Morgan fingerprint density at radius 2 is 2.33 bits per heavy atom. The Balaban J connectivity index is 2.10. The minimum atomic E-state index is -0.896. The second-order valence-electron chi connectivity index (χ2n) is 3.50. The molecule has 2 aromatic rings. The van der Waals surface area contributed by atoms with E-state index in [1.807, 2.05) is 0 Å². The summed E-state index contributed by atoms with van der Waals surface area (Å²) in [5, 5.41) is 12.2. The van der Waals surface area contributed by atoms with Gasteiger partial charge in [0.2, 0.25) is 5.88 Å². The fraction of sp³-hybridized carbons (Fsp3) is 0.273. The van der Waals surface area contributed by atoms with E-state index < -0.39 is 5.97 Å². The van der Waals surface area contributed by atoms with Crippen LogP contribution in [0.15, 0.2) is 22.9 Å². The highest BCUT2D eigenvalue weighted by Crippen LogP contribution is 2.18. The lowest BCUT2D eigenvalue weighted by Gasteiger charge is -1.97. The van der Waals surface area contributed by atoms with Gasteiger partial charge in [0.25, 0.3) is 5.89 Å². The van der Waals surface area contributed by atoms with Crippen LogP contribution >= 0.6 is 0 Å². The van der Waals surface area contributed by atoms with Gasteiger partial charge >= 0.3 is 5.97 Å². The smallest absolute Gasteiger partial charge is 0.303 e. The zero-order valence-electron chi connectivity index (χ0n) is 9.66. The lowest BCUT2D eigenvalue weighted by molar-refractivity contribution is -0.137. The number of ether oxygens (including phenoxy) is 1. The van der Waals surface area contributed by atoms with Crippen LogP contribution in [0.1, 0.15) is 12.2 Å². The van der Waals surface area contributed by atoms with Gasteiger partial charge in [-0.3, -0.25) is 4.79 Å². The molecule has 0 spiro atoms. The maximum Gasteiger partial charge on any atom is 0.303 e. The SMILES string of the molecule is COc1ccc(-c2nc(CCC(=O)O)no2)cn1. The first-order valence-corrected chi connectivity index (χ1v) is 5.24. The summed E-state index contributed by atoms with van der Waals surface area (Å²) in [5.74, 6) is 0.269. The molecule has 0 aliphatic rings. The van der Waals surface area contributed by atoms with Crippen LogP contribution < -0.4 is 4.74 Å². The van der Waals surface area contributed by atoms with E-state index in [4.69, 9.17) is 14.4 Å². The van der Waals surface area contributed by atoms with Crippen LogP contribution in [-0.2, 0) is 11.2 Å². The van der Waals surface area contributed by atoms with Crippen LogP contribution in [-0.4, -0.2) is 33.3 Å². The Labute approximate surface area is 102 Å². The number of carboxylic acid groups (broad SMARTS) is 1. The monoisotopic (exact) mass is 249 g/mol. The fourth-order valence-corrected chi connectivity index (χ4v) is 1.32. The third-order valence-electron chi connectivity index (χ3n) is 2.22. The average molecular weight is 249 g/mol. The third-order valence-corrected chi connectivity index (χ3v) is 2.22. The summed E-state index contributed by atoms with van der Waals surface area (Å²) in [6, 6.07) is 3.41. The number of carbonyl (C=O) groups is 1. The predicted octanol–water partition coefficient (Wildman–Crippen LogP) is 1.16. The van der Waals surface area contributed by atoms with Crippen LogP contribution in [0.2, 0.25) is 0 Å². The Hall–Kier alpha value is -2.44. The van der Waals surface area contributed by atoms with Crippen molar-refractivity contribution < 1.29 is 19.2 Å². The van der Waals surface area contributed by atoms with E-state index in [2.05, 4.69) is 15.1 Å². The summed E-state index contributed by atoms with van der Waals surface area (Å²) < 4.78 is 9.95. The Bertz CT molecular complexity index is 535. The zero-order valence-corrected chi connectivity index (χ0v) is 9.66. The molecule has 1 N–H and O–H groups in total. The number of rotatable bonds is 5. The van der Waals surface area contributed by atoms with Gasteiger partial charge in [-0.15, -0.1) is 0 Å². The molecule has 0 unspecified atom stereocenters. The molecule has 2 heterocycles. The molecule has 94 valence electrons. The summed E-state index contributed by atoms with van der Waals surface area (Å²) in [6.45, 7) is 0. The molecule has 0 aliphatic carbocycles. The molecule has 0 amide bonds. The molecule has 7 heteroatoms. The zero-order chi connectivity index (χ0) is 13.0. The van der Waals surface area contributed by atoms with Gasteiger partial charge in [0.15, 0.2) is 5.82 Å². The van der Waals surface area contributed by atoms with Gasteiger partial charge in [-0.2, -0.15) is 4.98 Å². The molecule has 7 nitrogen and oxygen atoms in total. The molecule has 0 bridgehead atoms. The van der Waals surface area contributed by atoms with Crippen LogP contribution in [0.3, 0.4) is 0 Å². The predicted molar refractivity (Wildman–Crippen MR) is 60.0 cm³/mol. The molecule has 0 saturated carbocycles. The standard InChI is InChI=1S/C11H11N3O4/c1-17-9-4-2-7(6-12-9)11-13-8(14-18-11)3-5-10(15)16/h2,4,6H,3,5H2,1H3,(H,15,16). The largest absolute Gasteiger partial charge is 0.481 e. The lowest BCUT2D eigenvalue weighted by atomic mass is 10.3. The van der Waals surface area contributed by atoms with Crippen LogP contribution in [0, 0.1) is 0 Å². The van der Waals surface area contributed by atoms with Crippen LogP contribution in [0.5, 0.6) is 5.88 Å². The molecule has 2 aromatic heterocycles. The maximum absolute atomic E-state index is 10.4. The Kier molecular flexibility index (Phi) is 3.52. The first kappa shape index (κ1) is 12.0. The molecular weight excluding hydrogens is 238 g/mol. The summed E-state index contributed by atoms with van der Waals surface area (Å²) in [5.41, 5.74) is 0.657. The number of aliphatic carboxylic acids is 1. The van der Waals surface area contributed by atoms with Gasteiger partial charge in [0.05, 0.1) is 19.1 Å². The van der Waals surface area contributed by atoms with Crippen molar-refractivity contribution in [2.45, 2.75) is 12.8 Å². The van der Waals surface area contributed by atoms with Crippen molar-refractivity contribution in [3.8, 4) is 17.3 Å². The molecule has 0 aliphatic heterocycles. The topological polar surface area (TPSA) is 98.3 Å². The van der Waals surface area contributed by atoms with Gasteiger partial charge in [0.1, 0.15) is 0 Å². The molecule has 2 rings (SSSR count). The van der Waals surface area contributed by atoms with Crippen molar-refractivity contribution in [3.05, 3.63) is 24.2 Å². The number of aromatic nitrogens is 3. The molecule has 0 radical (unpaired) electrons. The van der Waals surface area contributed by atoms with E-state index in [0.29, 0.717) is 23.2 Å². The van der Waals surface area contributed by atoms with E-state index in [1.165, 1.54) is 7.11 Å². The summed E-state index contributed by atoms with van der Waals surface area (Å²) in [7, 11) is 1.53. The second kappa shape index (κ2) is 5.26. The molecule has 18 heavy (non-hydrogen) atoms. The normalized spacial score (nSPS) is 10.3. The number of hydrogen-bond acceptors (Lipinski definition) is 6. The van der Waals surface area contributed by atoms with Gasteiger partial charge < -0.3 is 14.4 Å². The van der Waals surface area contributed by atoms with Crippen molar-refractivity contribution in [2.24, 2.45) is 0 Å². The van der Waals surface area contributed by atoms with E-state index in [9.17, 15) is 4.79 Å². The fourth-order valence-electron chi connectivity index (χ4n) is 1.32. The van der Waals surface area contributed by atoms with E-state index in [1.54, 1.807) is 18.3 Å². The molecule has 0 aromatic carbocycles. The first-order chi connectivity index (χ1) is 8.69. The Morgan fingerprint density at radius 3 is 2.94 bits per heavy atom. The van der Waals surface area contributed by atoms with Crippen molar-refractivity contribution >= 4 is 5.97 Å². The lowest BCUT2D eigenvalue weighted by Crippen LogP contribution is -1.98. The van der Waals surface area contributed by atoms with Crippen molar-refractivity contribution in [1.29, 1.82) is 0 Å². The number of carboxylic acids is 1. The van der Waals surface area contributed by atoms with Crippen LogP contribution in [0.4, 0.5) is 0 Å². The second-order valence-corrected chi connectivity index (χ2v) is 3.50. The highest BCUT2D eigenvalue weighted by atomic mass is 16.5. The maximum atomic E-state index is 10.4. The number of pyridine rings is 1. The minimum Gasteiger partial charge on any atom is -0.481 e. The summed E-state index contributed by atoms with van der Waals surface area (Å²) in [6.07, 6.45) is 1.76. The third kappa shape index (κ3) is 2.82. The molecule has 0 atom stereocenters. The highest BCUT2D eigenvalue weighted by Gasteiger charge is 2.10. The number of methoxy groups -OCH3 is 1. The summed E-state index contributed by atoms with van der Waals surface area (Å²) >= 11 is 0. The van der Waals surface area contributed by atoms with Gasteiger partial charge in [-0.25, -0.2) is 4.98 Å². The minimum absolute atomic E-state index is 0.0279. The molecule has 0 saturated heterocycles. The van der Waals surface area contributed by atoms with Gasteiger partial charge in [0, 0.05) is 18.7 Å². The first-order valence-electron chi connectivity index (χ1n) is 5.24. The quantitative estimate of drug-likeness (QED) is 0.848. The van der Waals surface area contributed by atoms with Crippen molar-refractivity contribution in [2.75, 3.05) is 7.11 Å². The molecule has 0 fully saturated rings. The van der Waals surface area contributed by atoms with E-state index in [-0.39, 0.29) is 12.8 Å². The van der Waals surface area contributed by atoms with Crippen molar-refractivity contribution in [3.63, 3.8) is 0 Å². The van der Waals surface area contributed by atoms with E-state index in [0.717, 1.165) is 0 Å². The van der Waals surface area contributed by atoms with Crippen LogP contribution in [0.25, 0.3) is 11.5 Å². The number of nitrogens with zero attached hydrogens (tertiary/aromatic N) is 3. The average Bonchev–Trinajstić information content (AvgIpc) is 2.85. The van der Waals surface area contributed by atoms with Crippen molar-refractivity contribution in [1.82, 2.24) is 15.1 Å². The Morgan fingerprint density at radius 1 is 1.50 bits per heavy atom. The number of aryl methyl sites for hydroxylation is 1. The van der Waals surface area contributed by atoms with E-state index >= 15 is 0 Å². The number of hydrogen-bond donors (Lipinski definition) is 1. The van der Waals surface area contributed by atoms with Gasteiger partial charge in [-0.1, -0.05) is 5.16 Å².